The lowest BCUT2D eigenvalue weighted by Gasteiger charge is -2.33. The summed E-state index contributed by atoms with van der Waals surface area (Å²) >= 11 is 1.36. The fraction of sp³-hybridized carbons (Fsp3) is 0.300. The van der Waals surface area contributed by atoms with Crippen LogP contribution in [0, 0.1) is 11.2 Å². The molecule has 36 heavy (non-hydrogen) atoms. The van der Waals surface area contributed by atoms with E-state index in [1.165, 1.54) is 23.5 Å². The third-order valence-corrected chi connectivity index (χ3v) is 7.83. The van der Waals surface area contributed by atoms with E-state index in [1.807, 2.05) is 11.4 Å². The third kappa shape index (κ3) is 4.24. The van der Waals surface area contributed by atoms with Crippen LogP contribution < -0.4 is 5.56 Å². The molecule has 0 fully saturated rings. The molecule has 0 bridgehead atoms. The molecule has 2 aromatic heterocycles. The summed E-state index contributed by atoms with van der Waals surface area (Å²) in [5.41, 5.74) is 5.94. The van der Waals surface area contributed by atoms with Crippen molar-refractivity contribution in [2.75, 3.05) is 0 Å². The van der Waals surface area contributed by atoms with Crippen molar-refractivity contribution in [3.05, 3.63) is 92.5 Å². The molecule has 0 amide bonds. The summed E-state index contributed by atoms with van der Waals surface area (Å²) in [5.74, 6) is -0.256. The van der Waals surface area contributed by atoms with Gasteiger partial charge in [0.05, 0.1) is 16.9 Å². The summed E-state index contributed by atoms with van der Waals surface area (Å²) in [4.78, 5) is 32.4. The average molecular weight is 501 g/mol. The molecule has 0 N–H and O–H groups in total. The highest BCUT2D eigenvalue weighted by molar-refractivity contribution is 7.13. The van der Waals surface area contributed by atoms with Gasteiger partial charge < -0.3 is 0 Å². The molecular formula is C30H29FN2O2S. The Kier molecular flexibility index (Phi) is 6.25. The minimum atomic E-state index is -0.311. The van der Waals surface area contributed by atoms with Crippen molar-refractivity contribution in [3.63, 3.8) is 0 Å². The van der Waals surface area contributed by atoms with E-state index in [9.17, 15) is 14.0 Å². The number of pyridine rings is 1. The number of carbonyl (C=O) groups is 1. The van der Waals surface area contributed by atoms with Crippen molar-refractivity contribution in [1.29, 1.82) is 0 Å². The predicted octanol–water partition coefficient (Wildman–Crippen LogP) is 7.05. The Bertz CT molecular complexity index is 1510. The number of ketones is 1. The maximum Gasteiger partial charge on any atom is 0.265 e. The Balaban J connectivity index is 1.79. The van der Waals surface area contributed by atoms with Crippen LogP contribution in [0.1, 0.15) is 61.3 Å². The van der Waals surface area contributed by atoms with Gasteiger partial charge in [-0.2, -0.15) is 0 Å². The number of hydrogen-bond acceptors (Lipinski definition) is 4. The number of hydrogen-bond donors (Lipinski definition) is 0. The molecule has 0 radical (unpaired) electrons. The monoisotopic (exact) mass is 500 g/mol. The number of carbonyl (C=O) groups excluding carboxylic acids is 1. The van der Waals surface area contributed by atoms with Crippen LogP contribution in [0.15, 0.2) is 58.7 Å². The van der Waals surface area contributed by atoms with E-state index in [2.05, 4.69) is 39.8 Å². The number of Topliss-reactive ketones (excluding diaryl/α,β-unsaturated/α-hetero) is 1. The molecule has 2 aromatic carbocycles. The predicted molar refractivity (Wildman–Crippen MR) is 144 cm³/mol. The molecule has 4 nitrogen and oxygen atoms in total. The molecule has 0 aliphatic heterocycles. The van der Waals surface area contributed by atoms with Gasteiger partial charge in [0.1, 0.15) is 10.8 Å². The Labute approximate surface area is 214 Å². The molecule has 184 valence electrons. The average Bonchev–Trinajstić information content (AvgIpc) is 3.33. The molecule has 0 unspecified atom stereocenters. The normalized spacial score (nSPS) is 14.6. The van der Waals surface area contributed by atoms with Gasteiger partial charge in [-0.1, -0.05) is 45.9 Å². The minimum absolute atomic E-state index is 0.0543. The van der Waals surface area contributed by atoms with E-state index in [4.69, 9.17) is 4.98 Å². The van der Waals surface area contributed by atoms with Crippen molar-refractivity contribution in [2.45, 2.75) is 53.4 Å². The Morgan fingerprint density at radius 3 is 2.28 bits per heavy atom. The first kappa shape index (κ1) is 24.3. The number of aromatic nitrogens is 2. The lowest BCUT2D eigenvalue weighted by molar-refractivity contribution is 0.0909. The highest BCUT2D eigenvalue weighted by Gasteiger charge is 2.35. The summed E-state index contributed by atoms with van der Waals surface area (Å²) in [6.07, 6.45) is 2.63. The summed E-state index contributed by atoms with van der Waals surface area (Å²) in [7, 11) is 0. The Morgan fingerprint density at radius 1 is 0.972 bits per heavy atom. The zero-order chi connectivity index (χ0) is 25.6. The zero-order valence-corrected chi connectivity index (χ0v) is 21.8. The van der Waals surface area contributed by atoms with Crippen molar-refractivity contribution in [1.82, 2.24) is 9.55 Å². The lowest BCUT2D eigenvalue weighted by atomic mass is 9.75. The van der Waals surface area contributed by atoms with Gasteiger partial charge in [-0.05, 0) is 66.1 Å². The van der Waals surface area contributed by atoms with Gasteiger partial charge in [0, 0.05) is 28.6 Å². The fourth-order valence-electron chi connectivity index (χ4n) is 5.16. The van der Waals surface area contributed by atoms with E-state index in [0.717, 1.165) is 40.9 Å². The number of benzene rings is 2. The van der Waals surface area contributed by atoms with Crippen LogP contribution >= 0.6 is 11.3 Å². The van der Waals surface area contributed by atoms with Crippen LogP contribution in [0.2, 0.25) is 0 Å². The highest BCUT2D eigenvalue weighted by Crippen LogP contribution is 2.38. The van der Waals surface area contributed by atoms with Crippen molar-refractivity contribution in [3.8, 4) is 27.5 Å². The summed E-state index contributed by atoms with van der Waals surface area (Å²) < 4.78 is 15.2. The first-order chi connectivity index (χ1) is 17.2. The molecule has 4 aromatic rings. The molecule has 5 rings (SSSR count). The van der Waals surface area contributed by atoms with E-state index >= 15 is 0 Å². The first-order valence-electron chi connectivity index (χ1n) is 12.4. The molecule has 0 saturated carbocycles. The topological polar surface area (TPSA) is 52.0 Å². The maximum absolute atomic E-state index is 14.3. The van der Waals surface area contributed by atoms with Crippen LogP contribution in [0.25, 0.3) is 27.5 Å². The zero-order valence-electron chi connectivity index (χ0n) is 21.0. The lowest BCUT2D eigenvalue weighted by Crippen LogP contribution is -2.35. The largest absolute Gasteiger partial charge is 0.294 e. The van der Waals surface area contributed by atoms with E-state index < -0.39 is 0 Å². The van der Waals surface area contributed by atoms with E-state index in [-0.39, 0.29) is 22.6 Å². The van der Waals surface area contributed by atoms with Crippen LogP contribution in [0.4, 0.5) is 4.39 Å². The van der Waals surface area contributed by atoms with Crippen LogP contribution in [0.3, 0.4) is 0 Å². The van der Waals surface area contributed by atoms with Gasteiger partial charge in [-0.15, -0.1) is 11.3 Å². The van der Waals surface area contributed by atoms with Gasteiger partial charge in [-0.3, -0.25) is 14.2 Å². The van der Waals surface area contributed by atoms with Crippen LogP contribution in [-0.2, 0) is 19.3 Å². The summed E-state index contributed by atoms with van der Waals surface area (Å²) in [5, 5.41) is 2.43. The quantitative estimate of drug-likeness (QED) is 0.295. The van der Waals surface area contributed by atoms with E-state index in [0.29, 0.717) is 34.7 Å². The smallest absolute Gasteiger partial charge is 0.265 e. The number of nitrogens with zero attached hydrogens (tertiary/aromatic N) is 2. The van der Waals surface area contributed by atoms with Gasteiger partial charge >= 0.3 is 0 Å². The number of thiazole rings is 1. The van der Waals surface area contributed by atoms with Crippen molar-refractivity contribution in [2.24, 2.45) is 5.41 Å². The van der Waals surface area contributed by atoms with Crippen molar-refractivity contribution < 1.29 is 9.18 Å². The second-order valence-corrected chi connectivity index (χ2v) is 11.0. The van der Waals surface area contributed by atoms with Crippen LogP contribution in [-0.4, -0.2) is 15.3 Å². The van der Waals surface area contributed by atoms with Gasteiger partial charge in [-0.25, -0.2) is 9.37 Å². The Hall–Kier alpha value is -3.38. The van der Waals surface area contributed by atoms with Crippen LogP contribution in [0.5, 0.6) is 0 Å². The first-order valence-corrected chi connectivity index (χ1v) is 13.3. The minimum Gasteiger partial charge on any atom is -0.294 e. The summed E-state index contributed by atoms with van der Waals surface area (Å²) in [6, 6.07) is 14.1. The molecule has 1 aliphatic rings. The van der Waals surface area contributed by atoms with Gasteiger partial charge in [0.2, 0.25) is 0 Å². The number of halogens is 1. The second-order valence-electron chi connectivity index (χ2n) is 10.2. The maximum atomic E-state index is 14.3. The molecule has 6 heteroatoms. The standard InChI is InChI=1S/C30H29FN2O2S/c1-5-18-8-7-9-19(6-2)27(18)33-25-15-30(3,4)16-26(34)22(25)14-23(29(33)35)28-32-24(17-36-28)20-10-12-21(31)13-11-20/h7-14,17H,5-6,15-16H2,1-4H3. The van der Waals surface area contributed by atoms with Gasteiger partial charge in [0.15, 0.2) is 5.78 Å². The fourth-order valence-corrected chi connectivity index (χ4v) is 5.99. The number of para-hydroxylation sites is 1. The molecule has 0 spiro atoms. The second kappa shape index (κ2) is 9.25. The summed E-state index contributed by atoms with van der Waals surface area (Å²) in [6.45, 7) is 8.34. The SMILES string of the molecule is CCc1cccc(CC)c1-n1c2c(cc(-c3nc(-c4ccc(F)cc4)cs3)c1=O)C(=O)CC(C)(C)C2. The number of aryl methyl sites for hydroxylation is 2. The third-order valence-electron chi connectivity index (χ3n) is 6.95. The highest BCUT2D eigenvalue weighted by atomic mass is 32.1. The molecule has 0 atom stereocenters. The van der Waals surface area contributed by atoms with Gasteiger partial charge in [0.25, 0.3) is 5.56 Å². The molecular weight excluding hydrogens is 471 g/mol. The number of fused-ring (bicyclic) bond motifs is 1. The van der Waals surface area contributed by atoms with E-state index in [1.54, 1.807) is 22.8 Å². The molecule has 1 aliphatic carbocycles. The molecule has 0 saturated heterocycles. The number of rotatable bonds is 5. The van der Waals surface area contributed by atoms with Crippen molar-refractivity contribution >= 4 is 17.1 Å². The Morgan fingerprint density at radius 2 is 1.64 bits per heavy atom. The molecule has 2 heterocycles.